The number of carboxylic acids is 1. The lowest BCUT2D eigenvalue weighted by atomic mass is 9.79. The van der Waals surface area contributed by atoms with Gasteiger partial charge in [0.2, 0.25) is 5.91 Å². The number of nitrogens with one attached hydrogen (secondary N) is 1. The number of hydrogen-bond acceptors (Lipinski definition) is 3. The van der Waals surface area contributed by atoms with Crippen LogP contribution in [-0.4, -0.2) is 30.1 Å². The first-order valence-corrected chi connectivity index (χ1v) is 7.64. The highest BCUT2D eigenvalue weighted by atomic mass is 16.4. The molecule has 0 spiro atoms. The average molecular weight is 284 g/mol. The van der Waals surface area contributed by atoms with Crippen molar-refractivity contribution in [2.45, 2.75) is 52.4 Å². The zero-order chi connectivity index (χ0) is 15.2. The number of amides is 1. The molecule has 0 aliphatic heterocycles. The van der Waals surface area contributed by atoms with Crippen molar-refractivity contribution >= 4 is 11.9 Å². The maximum atomic E-state index is 12.5. The van der Waals surface area contributed by atoms with Gasteiger partial charge in [0.05, 0.1) is 11.3 Å². The van der Waals surface area contributed by atoms with E-state index < -0.39 is 17.3 Å². The van der Waals surface area contributed by atoms with Gasteiger partial charge in [0, 0.05) is 13.1 Å². The van der Waals surface area contributed by atoms with Crippen molar-refractivity contribution < 1.29 is 14.7 Å². The normalized spacial score (nSPS) is 20.2. The Kier molecular flexibility index (Phi) is 6.46. The number of carbonyl (C=O) groups is 2. The van der Waals surface area contributed by atoms with Gasteiger partial charge in [0.1, 0.15) is 0 Å². The molecule has 1 rings (SSSR count). The van der Waals surface area contributed by atoms with Crippen molar-refractivity contribution in [3.05, 3.63) is 0 Å². The van der Waals surface area contributed by atoms with Crippen molar-refractivity contribution in [2.24, 2.45) is 23.0 Å². The summed E-state index contributed by atoms with van der Waals surface area (Å²) in [5.41, 5.74) is 5.37. The van der Waals surface area contributed by atoms with Crippen molar-refractivity contribution in [3.63, 3.8) is 0 Å². The molecule has 5 nitrogen and oxygen atoms in total. The lowest BCUT2D eigenvalue weighted by molar-refractivity contribution is -0.143. The van der Waals surface area contributed by atoms with E-state index in [-0.39, 0.29) is 18.4 Å². The fourth-order valence-corrected chi connectivity index (χ4v) is 2.93. The molecule has 0 bridgehead atoms. The van der Waals surface area contributed by atoms with E-state index in [0.29, 0.717) is 6.54 Å². The van der Waals surface area contributed by atoms with E-state index in [9.17, 15) is 9.59 Å². The van der Waals surface area contributed by atoms with Crippen LogP contribution in [0.4, 0.5) is 0 Å². The molecule has 0 radical (unpaired) electrons. The Hall–Kier alpha value is -1.10. The minimum Gasteiger partial charge on any atom is -0.481 e. The molecule has 5 heteroatoms. The zero-order valence-corrected chi connectivity index (χ0v) is 12.7. The first kappa shape index (κ1) is 17.0. The Labute approximate surface area is 121 Å². The van der Waals surface area contributed by atoms with Crippen LogP contribution in [0.5, 0.6) is 0 Å². The van der Waals surface area contributed by atoms with Crippen LogP contribution in [0, 0.1) is 17.3 Å². The number of carboxylic acid groups (broad SMARTS) is 1. The van der Waals surface area contributed by atoms with Gasteiger partial charge in [-0.05, 0) is 18.8 Å². The molecule has 0 aromatic rings. The summed E-state index contributed by atoms with van der Waals surface area (Å²) in [6, 6.07) is 0. The highest BCUT2D eigenvalue weighted by Gasteiger charge is 2.37. The van der Waals surface area contributed by atoms with Crippen LogP contribution in [-0.2, 0) is 9.59 Å². The quantitative estimate of drug-likeness (QED) is 0.648. The van der Waals surface area contributed by atoms with E-state index in [1.807, 2.05) is 13.8 Å². The van der Waals surface area contributed by atoms with E-state index in [2.05, 4.69) is 5.32 Å². The van der Waals surface area contributed by atoms with E-state index in [0.717, 1.165) is 38.5 Å². The Morgan fingerprint density at radius 3 is 2.15 bits per heavy atom. The summed E-state index contributed by atoms with van der Waals surface area (Å²) < 4.78 is 0. The number of hydrogen-bond donors (Lipinski definition) is 3. The number of carbonyl (C=O) groups excluding carboxylic acids is 1. The summed E-state index contributed by atoms with van der Waals surface area (Å²) in [4.78, 5) is 23.6. The Morgan fingerprint density at radius 2 is 1.75 bits per heavy atom. The Morgan fingerprint density at radius 1 is 1.20 bits per heavy atom. The summed E-state index contributed by atoms with van der Waals surface area (Å²) >= 11 is 0. The van der Waals surface area contributed by atoms with Gasteiger partial charge >= 0.3 is 5.97 Å². The van der Waals surface area contributed by atoms with Crippen LogP contribution in [0.15, 0.2) is 0 Å². The lowest BCUT2D eigenvalue weighted by Crippen LogP contribution is -2.48. The van der Waals surface area contributed by atoms with Gasteiger partial charge in [-0.15, -0.1) is 0 Å². The first-order valence-electron chi connectivity index (χ1n) is 7.64. The van der Waals surface area contributed by atoms with Gasteiger partial charge < -0.3 is 16.2 Å². The van der Waals surface area contributed by atoms with E-state index in [1.165, 1.54) is 0 Å². The first-order chi connectivity index (χ1) is 9.43. The van der Waals surface area contributed by atoms with Gasteiger partial charge in [0.25, 0.3) is 0 Å². The van der Waals surface area contributed by atoms with Crippen LogP contribution in [0.3, 0.4) is 0 Å². The predicted octanol–water partition coefficient (Wildman–Crippen LogP) is 1.76. The van der Waals surface area contributed by atoms with Crippen LogP contribution in [0.2, 0.25) is 0 Å². The molecule has 20 heavy (non-hydrogen) atoms. The second kappa shape index (κ2) is 7.62. The lowest BCUT2D eigenvalue weighted by Gasteiger charge is -2.30. The van der Waals surface area contributed by atoms with Gasteiger partial charge in [-0.25, -0.2) is 0 Å². The van der Waals surface area contributed by atoms with E-state index in [4.69, 9.17) is 10.8 Å². The third kappa shape index (κ3) is 4.20. The molecule has 1 atom stereocenters. The third-order valence-electron chi connectivity index (χ3n) is 4.54. The molecule has 116 valence electrons. The molecule has 0 heterocycles. The van der Waals surface area contributed by atoms with E-state index in [1.54, 1.807) is 0 Å². The maximum Gasteiger partial charge on any atom is 0.308 e. The second-order valence-corrected chi connectivity index (χ2v) is 6.30. The molecule has 1 aliphatic carbocycles. The summed E-state index contributed by atoms with van der Waals surface area (Å²) in [5.74, 6) is -1.47. The summed E-state index contributed by atoms with van der Waals surface area (Å²) in [7, 11) is 0. The molecular formula is C15H28N2O3. The SMILES string of the molecule is CC(C)C(CNC(=O)C1(CN)CCCCCC1)C(=O)O. The van der Waals surface area contributed by atoms with Crippen LogP contribution in [0.1, 0.15) is 52.4 Å². The van der Waals surface area contributed by atoms with Gasteiger partial charge in [0.15, 0.2) is 0 Å². The third-order valence-corrected chi connectivity index (χ3v) is 4.54. The second-order valence-electron chi connectivity index (χ2n) is 6.30. The fourth-order valence-electron chi connectivity index (χ4n) is 2.93. The van der Waals surface area contributed by atoms with E-state index >= 15 is 0 Å². The number of nitrogens with two attached hydrogens (primary N) is 1. The van der Waals surface area contributed by atoms with Gasteiger partial charge in [-0.3, -0.25) is 9.59 Å². The van der Waals surface area contributed by atoms with Crippen molar-refractivity contribution in [1.82, 2.24) is 5.32 Å². The monoisotopic (exact) mass is 284 g/mol. The predicted molar refractivity (Wildman–Crippen MR) is 78.2 cm³/mol. The molecule has 1 unspecified atom stereocenters. The fraction of sp³-hybridized carbons (Fsp3) is 0.867. The van der Waals surface area contributed by atoms with Crippen molar-refractivity contribution in [2.75, 3.05) is 13.1 Å². The average Bonchev–Trinajstić information content (AvgIpc) is 2.64. The van der Waals surface area contributed by atoms with Crippen molar-refractivity contribution in [1.29, 1.82) is 0 Å². The highest BCUT2D eigenvalue weighted by molar-refractivity contribution is 5.83. The molecule has 0 aromatic carbocycles. The van der Waals surface area contributed by atoms with Gasteiger partial charge in [-0.1, -0.05) is 39.5 Å². The molecule has 1 aliphatic rings. The Balaban J connectivity index is 2.65. The standard InChI is InChI=1S/C15H28N2O3/c1-11(2)12(13(18)19)9-17-14(20)15(10-16)7-5-3-4-6-8-15/h11-12H,3-10,16H2,1-2H3,(H,17,20)(H,18,19). The topological polar surface area (TPSA) is 92.4 Å². The maximum absolute atomic E-state index is 12.5. The highest BCUT2D eigenvalue weighted by Crippen LogP contribution is 2.34. The molecule has 4 N–H and O–H groups in total. The Bertz CT molecular complexity index is 334. The largest absolute Gasteiger partial charge is 0.481 e. The van der Waals surface area contributed by atoms with Gasteiger partial charge in [-0.2, -0.15) is 0 Å². The van der Waals surface area contributed by atoms with Crippen LogP contribution >= 0.6 is 0 Å². The van der Waals surface area contributed by atoms with Crippen LogP contribution < -0.4 is 11.1 Å². The minimum absolute atomic E-state index is 0.00393. The van der Waals surface area contributed by atoms with Crippen LogP contribution in [0.25, 0.3) is 0 Å². The summed E-state index contributed by atoms with van der Waals surface area (Å²) in [6.45, 7) is 4.25. The number of rotatable bonds is 6. The summed E-state index contributed by atoms with van der Waals surface area (Å²) in [5, 5.41) is 12.0. The molecule has 1 saturated carbocycles. The zero-order valence-electron chi connectivity index (χ0n) is 12.7. The molecule has 1 fully saturated rings. The summed E-state index contributed by atoms with van der Waals surface area (Å²) in [6.07, 6.45) is 5.98. The molecule has 0 saturated heterocycles. The minimum atomic E-state index is -0.858. The van der Waals surface area contributed by atoms with Crippen molar-refractivity contribution in [3.8, 4) is 0 Å². The number of aliphatic carboxylic acids is 1. The molecular weight excluding hydrogens is 256 g/mol. The molecule has 1 amide bonds. The molecule has 0 aromatic heterocycles. The smallest absolute Gasteiger partial charge is 0.308 e.